The van der Waals surface area contributed by atoms with Gasteiger partial charge in [0.1, 0.15) is 0 Å². The first-order valence-electron chi connectivity index (χ1n) is 1.72. The van der Waals surface area contributed by atoms with Gasteiger partial charge in [0.25, 0.3) is 0 Å². The van der Waals surface area contributed by atoms with E-state index >= 15 is 0 Å². The van der Waals surface area contributed by atoms with E-state index in [9.17, 15) is 0 Å². The maximum atomic E-state index is 3.02. The van der Waals surface area contributed by atoms with E-state index in [2.05, 4.69) is 11.1 Å². The van der Waals surface area contributed by atoms with Gasteiger partial charge < -0.3 is 0 Å². The Labute approximate surface area is 50.2 Å². The Morgan fingerprint density at radius 1 is 1.67 bits per heavy atom. The predicted molar refractivity (Wildman–Crippen MR) is 26.2 cm³/mol. The van der Waals surface area contributed by atoms with Crippen LogP contribution in [0.1, 0.15) is 0 Å². The van der Waals surface area contributed by atoms with Gasteiger partial charge in [-0.1, -0.05) is 0 Å². The molecule has 2 radical (unpaired) electrons. The molecule has 1 rings (SSSR count). The summed E-state index contributed by atoms with van der Waals surface area (Å²) in [6, 6.07) is 4.04. The van der Waals surface area contributed by atoms with Crippen LogP contribution in [0.15, 0.2) is 18.3 Å². The number of aromatic nitrogens is 1. The van der Waals surface area contributed by atoms with E-state index in [-0.39, 0.29) is 0 Å². The topological polar surface area (TPSA) is 15.8 Å². The Morgan fingerprint density at radius 3 is 2.67 bits per heavy atom. The van der Waals surface area contributed by atoms with Crippen LogP contribution >= 0.6 is 0 Å². The van der Waals surface area contributed by atoms with Gasteiger partial charge in [-0.2, -0.15) is 0 Å². The molecule has 0 aliphatic heterocycles. The summed E-state index contributed by atoms with van der Waals surface area (Å²) in [7, 11) is 0. The minimum absolute atomic E-state index is 1.27. The van der Waals surface area contributed by atoms with Gasteiger partial charge in [0.2, 0.25) is 0 Å². The van der Waals surface area contributed by atoms with Crippen LogP contribution in [0.5, 0.6) is 0 Å². The molecule has 0 spiro atoms. The van der Waals surface area contributed by atoms with Crippen LogP contribution in [0, 0.1) is 0 Å². The Morgan fingerprint density at radius 2 is 2.50 bits per heavy atom. The number of nitrogens with one attached hydrogen (secondary N) is 1. The number of aromatic amines is 1. The van der Waals surface area contributed by atoms with E-state index in [1.807, 2.05) is 12.3 Å². The van der Waals surface area contributed by atoms with E-state index in [0.717, 1.165) is 0 Å². The maximum absolute atomic E-state index is 3.02. The molecule has 0 fully saturated rings. The number of rotatable bonds is 0. The van der Waals surface area contributed by atoms with Crippen molar-refractivity contribution in [2.24, 2.45) is 0 Å². The standard InChI is InChI=1S/C4H4N.Sb/c1-2-4-5-3-1;/h1-3,5H;. The number of hydrogen-bond acceptors (Lipinski definition) is 0. The normalized spacial score (nSPS) is 8.83. The quantitative estimate of drug-likeness (QED) is 0.543. The molecule has 0 unspecified atom stereocenters. The third-order valence-corrected chi connectivity index (χ3v) is 1.38. The van der Waals surface area contributed by atoms with Crippen molar-refractivity contribution in [3.05, 3.63) is 18.3 Å². The van der Waals surface area contributed by atoms with Crippen molar-refractivity contribution in [1.29, 1.82) is 0 Å². The molecule has 1 N–H and O–H groups in total. The van der Waals surface area contributed by atoms with Gasteiger partial charge >= 0.3 is 50.0 Å². The Balaban J connectivity index is 3.05. The molecule has 1 aromatic heterocycles. The van der Waals surface area contributed by atoms with Gasteiger partial charge in [-0.3, -0.25) is 0 Å². The zero-order valence-electron chi connectivity index (χ0n) is 3.18. The zero-order valence-corrected chi connectivity index (χ0v) is 5.73. The predicted octanol–water partition coefficient (Wildman–Crippen LogP) is -0.191. The molecule has 0 aliphatic carbocycles. The van der Waals surface area contributed by atoms with Gasteiger partial charge in [0.15, 0.2) is 0 Å². The van der Waals surface area contributed by atoms with Crippen LogP contribution < -0.4 is 3.64 Å². The first-order chi connectivity index (χ1) is 2.89. The van der Waals surface area contributed by atoms with Gasteiger partial charge in [0, 0.05) is 0 Å². The first-order valence-corrected chi connectivity index (χ1v) is 2.99. The van der Waals surface area contributed by atoms with Crippen molar-refractivity contribution in [2.45, 2.75) is 0 Å². The molecule has 0 aliphatic rings. The summed E-state index contributed by atoms with van der Waals surface area (Å²) in [5.41, 5.74) is 0. The van der Waals surface area contributed by atoms with E-state index < -0.39 is 0 Å². The first kappa shape index (κ1) is 4.26. The summed E-state index contributed by atoms with van der Waals surface area (Å²) in [4.78, 5) is 3.02. The molecule has 6 heavy (non-hydrogen) atoms. The Bertz CT molecular complexity index is 111. The van der Waals surface area contributed by atoms with Gasteiger partial charge in [0.05, 0.1) is 0 Å². The SMILES string of the molecule is [Sb][c]1ccc[nH]1. The second-order valence-electron chi connectivity index (χ2n) is 1.06. The third kappa shape index (κ3) is 0.781. The van der Waals surface area contributed by atoms with E-state index in [1.165, 1.54) is 3.64 Å². The molecule has 2 heteroatoms. The van der Waals surface area contributed by atoms with Crippen LogP contribution in [0.3, 0.4) is 0 Å². The summed E-state index contributed by atoms with van der Waals surface area (Å²) >= 11 is 1.71. The molecule has 1 aromatic rings. The van der Waals surface area contributed by atoms with Crippen molar-refractivity contribution >= 4 is 26.7 Å². The van der Waals surface area contributed by atoms with Crippen LogP contribution in [-0.2, 0) is 0 Å². The van der Waals surface area contributed by atoms with Crippen LogP contribution in [-0.4, -0.2) is 28.0 Å². The molecular formula is C4H4NSb. The molecule has 0 aromatic carbocycles. The average Bonchev–Trinajstić information content (AvgIpc) is 1.86. The second-order valence-corrected chi connectivity index (χ2v) is 2.43. The molecule has 1 nitrogen and oxygen atoms in total. The van der Waals surface area contributed by atoms with Gasteiger partial charge in [-0.25, -0.2) is 0 Å². The number of H-pyrrole nitrogens is 1. The van der Waals surface area contributed by atoms with Crippen molar-refractivity contribution in [3.8, 4) is 0 Å². The monoisotopic (exact) mass is 187 g/mol. The fraction of sp³-hybridized carbons (Fsp3) is 0. The van der Waals surface area contributed by atoms with Gasteiger partial charge in [-0.15, -0.1) is 0 Å². The fourth-order valence-corrected chi connectivity index (χ4v) is 0.779. The van der Waals surface area contributed by atoms with E-state index in [4.69, 9.17) is 0 Å². The molecule has 0 atom stereocenters. The third-order valence-electron chi connectivity index (χ3n) is 0.582. The molecule has 30 valence electrons. The van der Waals surface area contributed by atoms with Crippen molar-refractivity contribution in [1.82, 2.24) is 4.98 Å². The summed E-state index contributed by atoms with van der Waals surface area (Å²) in [6.07, 6.45) is 1.92. The molecule has 0 bridgehead atoms. The summed E-state index contributed by atoms with van der Waals surface area (Å²) in [5, 5.41) is 0. The molecule has 0 saturated carbocycles. The number of hydrogen-bond donors (Lipinski definition) is 1. The Hall–Kier alpha value is 0.0982. The van der Waals surface area contributed by atoms with Crippen molar-refractivity contribution < 1.29 is 0 Å². The minimum atomic E-state index is 1.27. The second kappa shape index (κ2) is 1.70. The van der Waals surface area contributed by atoms with Crippen LogP contribution in [0.25, 0.3) is 0 Å². The fourth-order valence-electron chi connectivity index (χ4n) is 0.321. The summed E-state index contributed by atoms with van der Waals surface area (Å²) in [6.45, 7) is 0. The van der Waals surface area contributed by atoms with Crippen molar-refractivity contribution in [3.63, 3.8) is 0 Å². The molecular weight excluding hydrogens is 184 g/mol. The van der Waals surface area contributed by atoms with Gasteiger partial charge in [-0.05, 0) is 0 Å². The average molecular weight is 188 g/mol. The summed E-state index contributed by atoms with van der Waals surface area (Å²) in [5.74, 6) is 0. The van der Waals surface area contributed by atoms with Crippen LogP contribution in [0.4, 0.5) is 0 Å². The van der Waals surface area contributed by atoms with E-state index in [1.54, 1.807) is 23.0 Å². The molecule has 0 amide bonds. The molecule has 0 saturated heterocycles. The summed E-state index contributed by atoms with van der Waals surface area (Å²) < 4.78 is 1.27. The molecule has 1 heterocycles. The van der Waals surface area contributed by atoms with Crippen molar-refractivity contribution in [2.75, 3.05) is 0 Å². The zero-order chi connectivity index (χ0) is 4.41. The van der Waals surface area contributed by atoms with Crippen LogP contribution in [0.2, 0.25) is 0 Å². The van der Waals surface area contributed by atoms with E-state index in [0.29, 0.717) is 0 Å². The Kier molecular flexibility index (Phi) is 1.21.